The lowest BCUT2D eigenvalue weighted by atomic mass is 10.1. The average Bonchev–Trinajstić information content (AvgIpc) is 2.16. The molecule has 0 unspecified atom stereocenters. The lowest BCUT2D eigenvalue weighted by molar-refractivity contribution is 0.424. The zero-order chi connectivity index (χ0) is 11.3. The molecule has 0 aliphatic carbocycles. The summed E-state index contributed by atoms with van der Waals surface area (Å²) in [6.45, 7) is 8.17. The first-order chi connectivity index (χ1) is 7.01. The molecule has 15 heavy (non-hydrogen) atoms. The van der Waals surface area contributed by atoms with E-state index in [1.165, 1.54) is 11.1 Å². The van der Waals surface area contributed by atoms with Gasteiger partial charge in [0.05, 0.1) is 0 Å². The van der Waals surface area contributed by atoms with Gasteiger partial charge in [-0.3, -0.25) is 0 Å². The fourth-order valence-corrected chi connectivity index (χ4v) is 1.36. The molecule has 84 valence electrons. The zero-order valence-corrected chi connectivity index (χ0v) is 10.0. The molecule has 1 aromatic carbocycles. The minimum atomic E-state index is 0.177. The van der Waals surface area contributed by atoms with Crippen molar-refractivity contribution in [2.45, 2.75) is 39.3 Å². The SMILES string of the molecule is CC(C)(C)NCc1ccc(CCN)cc1. The Morgan fingerprint density at radius 1 is 1.07 bits per heavy atom. The van der Waals surface area contributed by atoms with Gasteiger partial charge in [-0.1, -0.05) is 24.3 Å². The number of rotatable bonds is 4. The van der Waals surface area contributed by atoms with Crippen molar-refractivity contribution in [3.8, 4) is 0 Å². The van der Waals surface area contributed by atoms with E-state index in [-0.39, 0.29) is 5.54 Å². The van der Waals surface area contributed by atoms with Gasteiger partial charge in [-0.15, -0.1) is 0 Å². The molecule has 0 aliphatic heterocycles. The van der Waals surface area contributed by atoms with Crippen LogP contribution < -0.4 is 11.1 Å². The van der Waals surface area contributed by atoms with E-state index in [4.69, 9.17) is 5.73 Å². The first-order valence-electron chi connectivity index (χ1n) is 5.54. The normalized spacial score (nSPS) is 11.7. The molecule has 0 heterocycles. The molecular weight excluding hydrogens is 184 g/mol. The first-order valence-corrected chi connectivity index (χ1v) is 5.54. The van der Waals surface area contributed by atoms with Crippen LogP contribution in [0.3, 0.4) is 0 Å². The third-order valence-corrected chi connectivity index (χ3v) is 2.28. The second-order valence-electron chi connectivity index (χ2n) is 4.96. The summed E-state index contributed by atoms with van der Waals surface area (Å²) in [6.07, 6.45) is 0.965. The van der Waals surface area contributed by atoms with Crippen LogP contribution in [0.1, 0.15) is 31.9 Å². The van der Waals surface area contributed by atoms with Crippen LogP contribution in [0.2, 0.25) is 0 Å². The number of nitrogens with two attached hydrogens (primary N) is 1. The molecule has 0 amide bonds. The predicted molar refractivity (Wildman–Crippen MR) is 65.8 cm³/mol. The number of benzene rings is 1. The molecule has 1 rings (SSSR count). The zero-order valence-electron chi connectivity index (χ0n) is 10.0. The van der Waals surface area contributed by atoms with E-state index in [1.54, 1.807) is 0 Å². The third kappa shape index (κ3) is 4.96. The molecule has 0 spiro atoms. The van der Waals surface area contributed by atoms with Crippen molar-refractivity contribution in [3.05, 3.63) is 35.4 Å². The van der Waals surface area contributed by atoms with E-state index < -0.39 is 0 Å². The Hall–Kier alpha value is -0.860. The molecule has 1 aromatic rings. The van der Waals surface area contributed by atoms with Gasteiger partial charge >= 0.3 is 0 Å². The van der Waals surface area contributed by atoms with Crippen molar-refractivity contribution < 1.29 is 0 Å². The second-order valence-corrected chi connectivity index (χ2v) is 4.96. The molecule has 0 aromatic heterocycles. The summed E-state index contributed by atoms with van der Waals surface area (Å²) in [5.74, 6) is 0. The monoisotopic (exact) mass is 206 g/mol. The molecule has 0 fully saturated rings. The topological polar surface area (TPSA) is 38.0 Å². The predicted octanol–water partition coefficient (Wildman–Crippen LogP) is 2.08. The molecule has 0 saturated carbocycles. The van der Waals surface area contributed by atoms with Gasteiger partial charge in [-0.25, -0.2) is 0 Å². The lowest BCUT2D eigenvalue weighted by Crippen LogP contribution is -2.35. The van der Waals surface area contributed by atoms with Gasteiger partial charge < -0.3 is 11.1 Å². The Balaban J connectivity index is 2.50. The summed E-state index contributed by atoms with van der Waals surface area (Å²) in [6, 6.07) is 8.66. The lowest BCUT2D eigenvalue weighted by Gasteiger charge is -2.20. The summed E-state index contributed by atoms with van der Waals surface area (Å²) in [5, 5.41) is 3.46. The van der Waals surface area contributed by atoms with E-state index in [0.717, 1.165) is 19.5 Å². The van der Waals surface area contributed by atoms with Crippen LogP contribution in [-0.4, -0.2) is 12.1 Å². The van der Waals surface area contributed by atoms with Crippen molar-refractivity contribution in [2.24, 2.45) is 5.73 Å². The summed E-state index contributed by atoms with van der Waals surface area (Å²) in [7, 11) is 0. The minimum Gasteiger partial charge on any atom is -0.330 e. The van der Waals surface area contributed by atoms with Crippen LogP contribution in [0.15, 0.2) is 24.3 Å². The molecule has 0 radical (unpaired) electrons. The van der Waals surface area contributed by atoms with Crippen molar-refractivity contribution in [1.82, 2.24) is 5.32 Å². The van der Waals surface area contributed by atoms with Gasteiger partial charge in [0, 0.05) is 12.1 Å². The van der Waals surface area contributed by atoms with Gasteiger partial charge in [0.25, 0.3) is 0 Å². The number of hydrogen-bond donors (Lipinski definition) is 2. The van der Waals surface area contributed by atoms with Crippen LogP contribution in [0.25, 0.3) is 0 Å². The molecule has 3 N–H and O–H groups in total. The van der Waals surface area contributed by atoms with Crippen LogP contribution >= 0.6 is 0 Å². The minimum absolute atomic E-state index is 0.177. The smallest absolute Gasteiger partial charge is 0.0210 e. The molecule has 2 nitrogen and oxygen atoms in total. The highest BCUT2D eigenvalue weighted by Gasteiger charge is 2.07. The fraction of sp³-hybridized carbons (Fsp3) is 0.538. The van der Waals surface area contributed by atoms with Gasteiger partial charge in [-0.2, -0.15) is 0 Å². The van der Waals surface area contributed by atoms with Crippen LogP contribution in [0.4, 0.5) is 0 Å². The molecular formula is C13H22N2. The van der Waals surface area contributed by atoms with Crippen molar-refractivity contribution in [3.63, 3.8) is 0 Å². The molecule has 0 aliphatic rings. The van der Waals surface area contributed by atoms with E-state index in [2.05, 4.69) is 50.4 Å². The highest BCUT2D eigenvalue weighted by molar-refractivity contribution is 5.22. The number of nitrogens with one attached hydrogen (secondary N) is 1. The Morgan fingerprint density at radius 2 is 1.60 bits per heavy atom. The van der Waals surface area contributed by atoms with Crippen LogP contribution in [0, 0.1) is 0 Å². The van der Waals surface area contributed by atoms with E-state index >= 15 is 0 Å². The quantitative estimate of drug-likeness (QED) is 0.791. The van der Waals surface area contributed by atoms with E-state index in [1.807, 2.05) is 0 Å². The summed E-state index contributed by atoms with van der Waals surface area (Å²) in [4.78, 5) is 0. The maximum atomic E-state index is 5.50. The van der Waals surface area contributed by atoms with Gasteiger partial charge in [0.2, 0.25) is 0 Å². The molecule has 0 atom stereocenters. The number of hydrogen-bond acceptors (Lipinski definition) is 2. The second kappa shape index (κ2) is 5.29. The fourth-order valence-electron chi connectivity index (χ4n) is 1.36. The third-order valence-electron chi connectivity index (χ3n) is 2.28. The van der Waals surface area contributed by atoms with Gasteiger partial charge in [0.15, 0.2) is 0 Å². The van der Waals surface area contributed by atoms with E-state index in [0.29, 0.717) is 0 Å². The van der Waals surface area contributed by atoms with Gasteiger partial charge in [0.1, 0.15) is 0 Å². The molecule has 2 heteroatoms. The maximum absolute atomic E-state index is 5.50. The molecule has 0 saturated heterocycles. The Bertz CT molecular complexity index is 282. The Kier molecular flexibility index (Phi) is 4.30. The summed E-state index contributed by atoms with van der Waals surface area (Å²) in [5.41, 5.74) is 8.32. The highest BCUT2D eigenvalue weighted by atomic mass is 14.9. The first kappa shape index (κ1) is 12.2. The van der Waals surface area contributed by atoms with Crippen LogP contribution in [-0.2, 0) is 13.0 Å². The standard InChI is InChI=1S/C13H22N2/c1-13(2,3)15-10-12-6-4-11(5-7-12)8-9-14/h4-7,15H,8-10,14H2,1-3H3. The average molecular weight is 206 g/mol. The Morgan fingerprint density at radius 3 is 2.07 bits per heavy atom. The highest BCUT2D eigenvalue weighted by Crippen LogP contribution is 2.07. The summed E-state index contributed by atoms with van der Waals surface area (Å²) >= 11 is 0. The van der Waals surface area contributed by atoms with Crippen molar-refractivity contribution >= 4 is 0 Å². The maximum Gasteiger partial charge on any atom is 0.0210 e. The van der Waals surface area contributed by atoms with Crippen LogP contribution in [0.5, 0.6) is 0 Å². The molecule has 0 bridgehead atoms. The Labute approximate surface area is 92.9 Å². The van der Waals surface area contributed by atoms with Crippen molar-refractivity contribution in [1.29, 1.82) is 0 Å². The van der Waals surface area contributed by atoms with Crippen molar-refractivity contribution in [2.75, 3.05) is 6.54 Å². The van der Waals surface area contributed by atoms with E-state index in [9.17, 15) is 0 Å². The largest absolute Gasteiger partial charge is 0.330 e. The van der Waals surface area contributed by atoms with Gasteiger partial charge in [-0.05, 0) is 44.9 Å². The summed E-state index contributed by atoms with van der Waals surface area (Å²) < 4.78 is 0.